The van der Waals surface area contributed by atoms with Gasteiger partial charge in [-0.05, 0) is 60.0 Å². The zero-order chi connectivity index (χ0) is 21.7. The monoisotopic (exact) mass is 429 g/mol. The van der Waals surface area contributed by atoms with Crippen molar-refractivity contribution in [1.82, 2.24) is 0 Å². The van der Waals surface area contributed by atoms with Crippen LogP contribution in [0.5, 0.6) is 11.5 Å². The molecule has 3 aromatic rings. The Bertz CT molecular complexity index is 1050. The van der Waals surface area contributed by atoms with Crippen LogP contribution in [0.25, 0.3) is 0 Å². The fourth-order valence-electron chi connectivity index (χ4n) is 3.01. The number of benzene rings is 3. The van der Waals surface area contributed by atoms with Gasteiger partial charge < -0.3 is 19.9 Å². The highest BCUT2D eigenvalue weighted by molar-refractivity contribution is 6.32. The van der Waals surface area contributed by atoms with Crippen molar-refractivity contribution in [2.75, 3.05) is 12.4 Å². The summed E-state index contributed by atoms with van der Waals surface area (Å²) in [5, 5.41) is 12.9. The van der Waals surface area contributed by atoms with Crippen LogP contribution in [0, 0.1) is 12.7 Å². The van der Waals surface area contributed by atoms with Gasteiger partial charge >= 0.3 is 5.97 Å². The molecule has 0 saturated heterocycles. The number of methoxy groups -OCH3 is 1. The van der Waals surface area contributed by atoms with Crippen molar-refractivity contribution >= 4 is 23.3 Å². The van der Waals surface area contributed by atoms with Gasteiger partial charge in [0.25, 0.3) is 0 Å². The number of carboxylic acids is 1. The minimum atomic E-state index is -0.969. The van der Waals surface area contributed by atoms with Crippen LogP contribution in [-0.4, -0.2) is 18.2 Å². The Labute approximate surface area is 179 Å². The quantitative estimate of drug-likeness (QED) is 0.481. The van der Waals surface area contributed by atoms with Crippen LogP contribution in [0.1, 0.15) is 27.0 Å². The number of carbonyl (C=O) groups is 1. The van der Waals surface area contributed by atoms with Gasteiger partial charge in [0.2, 0.25) is 0 Å². The van der Waals surface area contributed by atoms with E-state index in [1.165, 1.54) is 19.2 Å². The highest BCUT2D eigenvalue weighted by Gasteiger charge is 2.14. The van der Waals surface area contributed by atoms with Crippen molar-refractivity contribution in [2.45, 2.75) is 20.1 Å². The van der Waals surface area contributed by atoms with Gasteiger partial charge in [-0.2, -0.15) is 0 Å². The molecule has 3 rings (SSSR count). The summed E-state index contributed by atoms with van der Waals surface area (Å²) >= 11 is 6.41. The van der Waals surface area contributed by atoms with Crippen LogP contribution in [0.4, 0.5) is 10.1 Å². The third-order valence-corrected chi connectivity index (χ3v) is 4.91. The molecule has 0 aliphatic heterocycles. The third kappa shape index (κ3) is 5.02. The lowest BCUT2D eigenvalue weighted by atomic mass is 10.1. The first kappa shape index (κ1) is 21.5. The standard InChI is InChI=1S/C23H21ClFNO4/c1-14-18(23(27)28)4-3-5-20(14)26-12-16-10-19(24)22(21(11-16)29-2)30-13-15-6-8-17(25)9-7-15/h3-11,26H,12-13H2,1-2H3,(H,27,28). The molecule has 0 radical (unpaired) electrons. The molecule has 0 unspecified atom stereocenters. The fourth-order valence-corrected chi connectivity index (χ4v) is 3.30. The van der Waals surface area contributed by atoms with E-state index in [9.17, 15) is 14.3 Å². The molecule has 30 heavy (non-hydrogen) atoms. The van der Waals surface area contributed by atoms with E-state index in [1.807, 2.05) is 6.07 Å². The van der Waals surface area contributed by atoms with Gasteiger partial charge in [0.1, 0.15) is 12.4 Å². The SMILES string of the molecule is COc1cc(CNc2cccc(C(=O)O)c2C)cc(Cl)c1OCc1ccc(F)cc1. The van der Waals surface area contributed by atoms with Crippen molar-refractivity contribution in [3.8, 4) is 11.5 Å². The van der Waals surface area contributed by atoms with Crippen LogP contribution in [-0.2, 0) is 13.2 Å². The Kier molecular flexibility index (Phi) is 6.79. The van der Waals surface area contributed by atoms with Crippen LogP contribution >= 0.6 is 11.6 Å². The number of hydrogen-bond acceptors (Lipinski definition) is 4. The Hall–Kier alpha value is -3.25. The molecule has 5 nitrogen and oxygen atoms in total. The summed E-state index contributed by atoms with van der Waals surface area (Å²) < 4.78 is 24.3. The maximum atomic E-state index is 13.0. The number of halogens is 2. The first-order chi connectivity index (χ1) is 14.4. The molecular weight excluding hydrogens is 409 g/mol. The predicted molar refractivity (Wildman–Crippen MR) is 114 cm³/mol. The molecule has 0 heterocycles. The van der Waals surface area contributed by atoms with Gasteiger partial charge in [-0.25, -0.2) is 9.18 Å². The summed E-state index contributed by atoms with van der Waals surface area (Å²) in [5.41, 5.74) is 3.27. The molecule has 3 aromatic carbocycles. The highest BCUT2D eigenvalue weighted by Crippen LogP contribution is 2.37. The van der Waals surface area contributed by atoms with Crippen molar-refractivity contribution in [3.63, 3.8) is 0 Å². The van der Waals surface area contributed by atoms with Crippen molar-refractivity contribution < 1.29 is 23.8 Å². The molecule has 0 saturated carbocycles. The number of carboxylic acid groups (broad SMARTS) is 1. The third-order valence-electron chi connectivity index (χ3n) is 4.63. The molecule has 0 bridgehead atoms. The Morgan fingerprint density at radius 3 is 2.53 bits per heavy atom. The molecule has 0 aliphatic rings. The topological polar surface area (TPSA) is 67.8 Å². The second-order valence-electron chi connectivity index (χ2n) is 6.66. The molecule has 0 aliphatic carbocycles. The largest absolute Gasteiger partial charge is 0.493 e. The Morgan fingerprint density at radius 1 is 1.13 bits per heavy atom. The van der Waals surface area contributed by atoms with Crippen LogP contribution in [0.3, 0.4) is 0 Å². The van der Waals surface area contributed by atoms with E-state index < -0.39 is 5.97 Å². The zero-order valence-electron chi connectivity index (χ0n) is 16.5. The minimum Gasteiger partial charge on any atom is -0.493 e. The van der Waals surface area contributed by atoms with E-state index in [1.54, 1.807) is 43.3 Å². The number of aromatic carboxylic acids is 1. The lowest BCUT2D eigenvalue weighted by Crippen LogP contribution is -2.06. The summed E-state index contributed by atoms with van der Waals surface area (Å²) in [6.07, 6.45) is 0. The maximum Gasteiger partial charge on any atom is 0.336 e. The Balaban J connectivity index is 1.74. The average Bonchev–Trinajstić information content (AvgIpc) is 2.72. The molecule has 7 heteroatoms. The number of hydrogen-bond donors (Lipinski definition) is 2. The number of nitrogens with one attached hydrogen (secondary N) is 1. The first-order valence-corrected chi connectivity index (χ1v) is 9.57. The van der Waals surface area contributed by atoms with E-state index in [4.69, 9.17) is 21.1 Å². The van der Waals surface area contributed by atoms with Crippen molar-refractivity contribution in [3.05, 3.63) is 87.7 Å². The fraction of sp³-hybridized carbons (Fsp3) is 0.174. The summed E-state index contributed by atoms with van der Waals surface area (Å²) in [4.78, 5) is 11.3. The number of ether oxygens (including phenoxy) is 2. The van der Waals surface area contributed by atoms with Crippen molar-refractivity contribution in [1.29, 1.82) is 0 Å². The molecule has 2 N–H and O–H groups in total. The van der Waals surface area contributed by atoms with Gasteiger partial charge in [-0.3, -0.25) is 0 Å². The van der Waals surface area contributed by atoms with Crippen LogP contribution in [0.15, 0.2) is 54.6 Å². The summed E-state index contributed by atoms with van der Waals surface area (Å²) in [5.74, 6) is -0.410. The zero-order valence-corrected chi connectivity index (χ0v) is 17.3. The van der Waals surface area contributed by atoms with E-state index >= 15 is 0 Å². The lowest BCUT2D eigenvalue weighted by Gasteiger charge is -2.16. The van der Waals surface area contributed by atoms with Gasteiger partial charge in [-0.1, -0.05) is 29.8 Å². The average molecular weight is 430 g/mol. The predicted octanol–water partition coefficient (Wildman–Crippen LogP) is 5.69. The molecule has 0 atom stereocenters. The van der Waals surface area contributed by atoms with Gasteiger partial charge in [0.15, 0.2) is 11.5 Å². The smallest absolute Gasteiger partial charge is 0.336 e. The molecule has 0 fully saturated rings. The number of anilines is 1. The van der Waals surface area contributed by atoms with Gasteiger partial charge in [-0.15, -0.1) is 0 Å². The van der Waals surface area contributed by atoms with E-state index in [-0.39, 0.29) is 18.0 Å². The summed E-state index contributed by atoms with van der Waals surface area (Å²) in [7, 11) is 1.52. The molecule has 0 amide bonds. The van der Waals surface area contributed by atoms with Gasteiger partial charge in [0, 0.05) is 12.2 Å². The maximum absolute atomic E-state index is 13.0. The lowest BCUT2D eigenvalue weighted by molar-refractivity contribution is 0.0696. The van der Waals surface area contributed by atoms with E-state index in [2.05, 4.69) is 5.32 Å². The highest BCUT2D eigenvalue weighted by atomic mass is 35.5. The summed E-state index contributed by atoms with van der Waals surface area (Å²) in [6.45, 7) is 2.39. The summed E-state index contributed by atoms with van der Waals surface area (Å²) in [6, 6.07) is 14.7. The van der Waals surface area contributed by atoms with E-state index in [0.29, 0.717) is 28.6 Å². The Morgan fingerprint density at radius 2 is 1.87 bits per heavy atom. The van der Waals surface area contributed by atoms with E-state index in [0.717, 1.165) is 16.8 Å². The second kappa shape index (κ2) is 9.50. The van der Waals surface area contributed by atoms with Gasteiger partial charge in [0.05, 0.1) is 17.7 Å². The van der Waals surface area contributed by atoms with Crippen molar-refractivity contribution in [2.24, 2.45) is 0 Å². The molecular formula is C23H21ClFNO4. The second-order valence-corrected chi connectivity index (χ2v) is 7.07. The first-order valence-electron chi connectivity index (χ1n) is 9.19. The van der Waals surface area contributed by atoms with Crippen LogP contribution < -0.4 is 14.8 Å². The normalized spacial score (nSPS) is 10.5. The van der Waals surface area contributed by atoms with Crippen LogP contribution in [0.2, 0.25) is 5.02 Å². The molecule has 0 spiro atoms. The molecule has 156 valence electrons. The minimum absolute atomic E-state index is 0.217. The number of rotatable bonds is 8. The molecule has 0 aromatic heterocycles.